The van der Waals surface area contributed by atoms with Crippen molar-refractivity contribution >= 4 is 17.5 Å². The second kappa shape index (κ2) is 7.01. The molecule has 3 nitrogen and oxygen atoms in total. The van der Waals surface area contributed by atoms with Crippen molar-refractivity contribution in [3.05, 3.63) is 0 Å². The van der Waals surface area contributed by atoms with Crippen LogP contribution in [-0.2, 0) is 9.53 Å². The van der Waals surface area contributed by atoms with Crippen molar-refractivity contribution in [1.82, 2.24) is 4.90 Å². The normalized spacial score (nSPS) is 18.1. The molecule has 0 aromatic rings. The number of likely N-dealkylation sites (tertiary alicyclic amines) is 1. The second-order valence-electron chi connectivity index (χ2n) is 3.77. The van der Waals surface area contributed by atoms with Gasteiger partial charge in [-0.3, -0.25) is 4.79 Å². The van der Waals surface area contributed by atoms with Gasteiger partial charge in [-0.05, 0) is 12.8 Å². The second-order valence-corrected chi connectivity index (χ2v) is 4.39. The lowest BCUT2D eigenvalue weighted by Crippen LogP contribution is -2.39. The Bertz CT molecular complexity index is 221. The molecule has 0 radical (unpaired) electrons. The molecule has 0 saturated carbocycles. The summed E-state index contributed by atoms with van der Waals surface area (Å²) < 4.78 is 28.1. The van der Waals surface area contributed by atoms with E-state index in [0.29, 0.717) is 13.1 Å². The maximum atomic E-state index is 11.7. The zero-order chi connectivity index (χ0) is 12.0. The summed E-state index contributed by atoms with van der Waals surface area (Å²) in [4.78, 5) is 13.3. The molecule has 1 fully saturated rings. The first kappa shape index (κ1) is 13.6. The number of rotatable bonds is 5. The van der Waals surface area contributed by atoms with Gasteiger partial charge in [-0.1, -0.05) is 0 Å². The smallest absolute Gasteiger partial charge is 0.261 e. The molecule has 6 heteroatoms. The zero-order valence-corrected chi connectivity index (χ0v) is 9.76. The highest BCUT2D eigenvalue weighted by Crippen LogP contribution is 2.16. The Kier molecular flexibility index (Phi) is 5.98. The number of ether oxygens (including phenoxy) is 1. The zero-order valence-electron chi connectivity index (χ0n) is 9.00. The fourth-order valence-electron chi connectivity index (χ4n) is 1.59. The highest BCUT2D eigenvalue weighted by Gasteiger charge is 2.20. The molecule has 0 atom stereocenters. The first-order valence-corrected chi connectivity index (χ1v) is 5.81. The van der Waals surface area contributed by atoms with E-state index in [1.54, 1.807) is 4.90 Å². The van der Waals surface area contributed by atoms with Crippen LogP contribution in [0.4, 0.5) is 8.78 Å². The number of alkyl halides is 3. The summed E-state index contributed by atoms with van der Waals surface area (Å²) in [6.45, 7) is 0.769. The van der Waals surface area contributed by atoms with E-state index >= 15 is 0 Å². The Morgan fingerprint density at radius 2 is 2.06 bits per heavy atom. The molecule has 0 aliphatic carbocycles. The molecule has 1 saturated heterocycles. The largest absolute Gasteiger partial charge is 0.375 e. The van der Waals surface area contributed by atoms with Gasteiger partial charge < -0.3 is 9.64 Å². The third-order valence-electron chi connectivity index (χ3n) is 2.48. The molecule has 0 aromatic carbocycles. The van der Waals surface area contributed by atoms with Crippen LogP contribution in [0.15, 0.2) is 0 Å². The maximum Gasteiger partial charge on any atom is 0.261 e. The number of hydrogen-bond acceptors (Lipinski definition) is 2. The molecule has 1 aliphatic heterocycles. The van der Waals surface area contributed by atoms with Gasteiger partial charge in [0.15, 0.2) is 0 Å². The third-order valence-corrected chi connectivity index (χ3v) is 2.92. The average Bonchev–Trinajstić information content (AvgIpc) is 2.25. The van der Waals surface area contributed by atoms with Crippen LogP contribution in [0, 0.1) is 0 Å². The first-order chi connectivity index (χ1) is 7.59. The van der Waals surface area contributed by atoms with E-state index in [-0.39, 0.29) is 24.3 Å². The minimum absolute atomic E-state index is 0.0437. The molecule has 1 rings (SSSR count). The summed E-state index contributed by atoms with van der Waals surface area (Å²) in [7, 11) is 0. The molecule has 1 amide bonds. The molecule has 0 spiro atoms. The summed E-state index contributed by atoms with van der Waals surface area (Å²) in [5.41, 5.74) is 0. The van der Waals surface area contributed by atoms with Crippen molar-refractivity contribution in [3.63, 3.8) is 0 Å². The number of carbonyl (C=O) groups is 1. The summed E-state index contributed by atoms with van der Waals surface area (Å²) in [6.07, 6.45) is -0.710. The van der Waals surface area contributed by atoms with E-state index in [1.807, 2.05) is 0 Å². The summed E-state index contributed by atoms with van der Waals surface area (Å²) >= 11 is 5.90. The molecular weight excluding hydrogens is 240 g/mol. The van der Waals surface area contributed by atoms with Crippen LogP contribution in [0.1, 0.15) is 19.3 Å². The average molecular weight is 256 g/mol. The molecule has 0 bridgehead atoms. The first-order valence-electron chi connectivity index (χ1n) is 5.37. The van der Waals surface area contributed by atoms with E-state index in [1.165, 1.54) is 0 Å². The van der Waals surface area contributed by atoms with Gasteiger partial charge in [0.25, 0.3) is 6.43 Å². The highest BCUT2D eigenvalue weighted by atomic mass is 35.5. The molecule has 1 heterocycles. The molecular formula is C10H16ClF2NO2. The van der Waals surface area contributed by atoms with Gasteiger partial charge in [-0.15, -0.1) is 11.6 Å². The van der Waals surface area contributed by atoms with Gasteiger partial charge in [0.05, 0.1) is 13.0 Å². The van der Waals surface area contributed by atoms with Gasteiger partial charge in [0.2, 0.25) is 5.91 Å². The maximum absolute atomic E-state index is 11.7. The van der Waals surface area contributed by atoms with Crippen LogP contribution in [-0.4, -0.2) is 48.9 Å². The minimum atomic E-state index is -2.47. The lowest BCUT2D eigenvalue weighted by atomic mass is 10.1. The Hall–Kier alpha value is -0.420. The summed E-state index contributed by atoms with van der Waals surface area (Å²) in [5.74, 6) is -0.0437. The Morgan fingerprint density at radius 1 is 1.44 bits per heavy atom. The van der Waals surface area contributed by atoms with E-state index in [4.69, 9.17) is 11.6 Å². The lowest BCUT2D eigenvalue weighted by Gasteiger charge is -2.29. The van der Waals surface area contributed by atoms with Gasteiger partial charge in [-0.2, -0.15) is 0 Å². The Labute approximate surface area is 98.7 Å². The van der Waals surface area contributed by atoms with Crippen LogP contribution < -0.4 is 0 Å². The monoisotopic (exact) mass is 255 g/mol. The molecule has 0 aromatic heterocycles. The molecule has 0 N–H and O–H groups in total. The SMILES string of the molecule is O=C(CCOCC(F)F)N1CCC(Cl)CC1. The van der Waals surface area contributed by atoms with Crippen molar-refractivity contribution < 1.29 is 18.3 Å². The highest BCUT2D eigenvalue weighted by molar-refractivity contribution is 6.20. The molecule has 16 heavy (non-hydrogen) atoms. The third kappa shape index (κ3) is 5.07. The number of carbonyl (C=O) groups excluding carboxylic acids is 1. The van der Waals surface area contributed by atoms with E-state index in [9.17, 15) is 13.6 Å². The van der Waals surface area contributed by atoms with Crippen LogP contribution in [0.25, 0.3) is 0 Å². The number of hydrogen-bond donors (Lipinski definition) is 0. The van der Waals surface area contributed by atoms with Crippen molar-refractivity contribution in [2.75, 3.05) is 26.3 Å². The molecule has 1 aliphatic rings. The van der Waals surface area contributed by atoms with Gasteiger partial charge in [-0.25, -0.2) is 8.78 Å². The summed E-state index contributed by atoms with van der Waals surface area (Å²) in [6, 6.07) is 0. The van der Waals surface area contributed by atoms with Crippen molar-refractivity contribution in [2.45, 2.75) is 31.1 Å². The Morgan fingerprint density at radius 3 is 2.62 bits per heavy atom. The quantitative estimate of drug-likeness (QED) is 0.555. The number of piperidine rings is 1. The van der Waals surface area contributed by atoms with Gasteiger partial charge >= 0.3 is 0 Å². The lowest BCUT2D eigenvalue weighted by molar-refractivity contribution is -0.133. The van der Waals surface area contributed by atoms with Crippen molar-refractivity contribution in [3.8, 4) is 0 Å². The van der Waals surface area contributed by atoms with E-state index in [0.717, 1.165) is 12.8 Å². The van der Waals surface area contributed by atoms with Crippen molar-refractivity contribution in [2.24, 2.45) is 0 Å². The predicted molar refractivity (Wildman–Crippen MR) is 56.9 cm³/mol. The van der Waals surface area contributed by atoms with E-state index in [2.05, 4.69) is 4.74 Å². The number of amides is 1. The van der Waals surface area contributed by atoms with Crippen molar-refractivity contribution in [1.29, 1.82) is 0 Å². The topological polar surface area (TPSA) is 29.5 Å². The summed E-state index contributed by atoms with van der Waals surface area (Å²) in [5, 5.41) is 0.152. The fraction of sp³-hybridized carbons (Fsp3) is 0.900. The van der Waals surface area contributed by atoms with Crippen LogP contribution in [0.2, 0.25) is 0 Å². The predicted octanol–water partition coefficient (Wildman–Crippen LogP) is 1.89. The number of nitrogens with zero attached hydrogens (tertiary/aromatic N) is 1. The number of halogens is 3. The van der Waals surface area contributed by atoms with Crippen LogP contribution in [0.3, 0.4) is 0 Å². The Balaban J connectivity index is 2.10. The van der Waals surface area contributed by atoms with Crippen LogP contribution >= 0.6 is 11.6 Å². The van der Waals surface area contributed by atoms with E-state index < -0.39 is 13.0 Å². The molecule has 0 unspecified atom stereocenters. The van der Waals surface area contributed by atoms with Crippen LogP contribution in [0.5, 0.6) is 0 Å². The standard InChI is InChI=1S/C10H16ClF2NO2/c11-8-1-4-14(5-2-8)10(15)3-6-16-7-9(12)13/h8-9H,1-7H2. The van der Waals surface area contributed by atoms with Gasteiger partial charge in [0.1, 0.15) is 6.61 Å². The van der Waals surface area contributed by atoms with Gasteiger partial charge in [0, 0.05) is 18.5 Å². The molecule has 94 valence electrons. The minimum Gasteiger partial charge on any atom is -0.375 e. The fourth-order valence-corrected chi connectivity index (χ4v) is 1.78.